The Morgan fingerprint density at radius 1 is 1.00 bits per heavy atom. The summed E-state index contributed by atoms with van der Waals surface area (Å²) in [6.07, 6.45) is 0. The van der Waals surface area contributed by atoms with Gasteiger partial charge in [-0.2, -0.15) is 0 Å². The Kier molecular flexibility index (Phi) is 7.98. The number of anilines is 1. The van der Waals surface area contributed by atoms with E-state index in [1.165, 1.54) is 12.1 Å². The first-order valence-electron chi connectivity index (χ1n) is 8.93. The standard InChI is InChI=1S/C20H26N2O5S/c1-15(2)20(23)22-17-6-4-16(5-7-17)14-21-28(24,25)19-10-8-18(9-11-19)27-13-12-26-3/h4-11,15,21H,12-14H2,1-3H3,(H,22,23). The third-order valence-electron chi connectivity index (χ3n) is 3.90. The molecule has 1 amide bonds. The molecule has 2 aromatic rings. The number of benzene rings is 2. The zero-order valence-corrected chi connectivity index (χ0v) is 17.1. The molecule has 0 aliphatic carbocycles. The molecule has 28 heavy (non-hydrogen) atoms. The van der Waals surface area contributed by atoms with Crippen molar-refractivity contribution in [2.24, 2.45) is 5.92 Å². The highest BCUT2D eigenvalue weighted by Gasteiger charge is 2.14. The van der Waals surface area contributed by atoms with Crippen LogP contribution in [0.3, 0.4) is 0 Å². The lowest BCUT2D eigenvalue weighted by Crippen LogP contribution is -2.23. The summed E-state index contributed by atoms with van der Waals surface area (Å²) in [6, 6.07) is 13.2. The Morgan fingerprint density at radius 3 is 2.21 bits per heavy atom. The van der Waals surface area contributed by atoms with Crippen molar-refractivity contribution in [3.8, 4) is 5.75 Å². The highest BCUT2D eigenvalue weighted by molar-refractivity contribution is 7.89. The molecule has 0 unspecified atom stereocenters. The van der Waals surface area contributed by atoms with Crippen LogP contribution in [0.5, 0.6) is 5.75 Å². The Hall–Kier alpha value is -2.42. The molecule has 0 spiro atoms. The van der Waals surface area contributed by atoms with Gasteiger partial charge in [0, 0.05) is 25.3 Å². The van der Waals surface area contributed by atoms with Gasteiger partial charge in [0.1, 0.15) is 12.4 Å². The van der Waals surface area contributed by atoms with Crippen LogP contribution in [0.25, 0.3) is 0 Å². The number of nitrogens with one attached hydrogen (secondary N) is 2. The Labute approximate surface area is 166 Å². The molecule has 8 heteroatoms. The second kappa shape index (κ2) is 10.2. The Balaban J connectivity index is 1.92. The molecule has 0 heterocycles. The van der Waals surface area contributed by atoms with Gasteiger partial charge in [0.2, 0.25) is 15.9 Å². The van der Waals surface area contributed by atoms with E-state index in [4.69, 9.17) is 9.47 Å². The predicted octanol–water partition coefficient (Wildman–Crippen LogP) is 2.78. The lowest BCUT2D eigenvalue weighted by Gasteiger charge is -2.10. The van der Waals surface area contributed by atoms with E-state index >= 15 is 0 Å². The van der Waals surface area contributed by atoms with Crippen molar-refractivity contribution < 1.29 is 22.7 Å². The molecular formula is C20H26N2O5S. The summed E-state index contributed by atoms with van der Waals surface area (Å²) in [7, 11) is -2.06. The monoisotopic (exact) mass is 406 g/mol. The van der Waals surface area contributed by atoms with Gasteiger partial charge in [0.05, 0.1) is 11.5 Å². The van der Waals surface area contributed by atoms with Gasteiger partial charge in [0.15, 0.2) is 0 Å². The first-order valence-corrected chi connectivity index (χ1v) is 10.4. The summed E-state index contributed by atoms with van der Waals surface area (Å²) < 4.78 is 37.8. The second-order valence-electron chi connectivity index (χ2n) is 6.48. The number of carbonyl (C=O) groups excluding carboxylic acids is 1. The fourth-order valence-electron chi connectivity index (χ4n) is 2.21. The van der Waals surface area contributed by atoms with Crippen LogP contribution < -0.4 is 14.8 Å². The van der Waals surface area contributed by atoms with Gasteiger partial charge < -0.3 is 14.8 Å². The van der Waals surface area contributed by atoms with Crippen molar-refractivity contribution in [2.45, 2.75) is 25.3 Å². The van der Waals surface area contributed by atoms with Crippen LogP contribution in [-0.4, -0.2) is 34.6 Å². The van der Waals surface area contributed by atoms with Crippen LogP contribution in [0.15, 0.2) is 53.4 Å². The number of ether oxygens (including phenoxy) is 2. The summed E-state index contributed by atoms with van der Waals surface area (Å²) >= 11 is 0. The average Bonchev–Trinajstić information content (AvgIpc) is 2.68. The van der Waals surface area contributed by atoms with Gasteiger partial charge in [-0.3, -0.25) is 4.79 Å². The predicted molar refractivity (Wildman–Crippen MR) is 108 cm³/mol. The number of methoxy groups -OCH3 is 1. The molecule has 0 aliphatic heterocycles. The van der Waals surface area contributed by atoms with Gasteiger partial charge in [-0.25, -0.2) is 13.1 Å². The maximum atomic E-state index is 12.4. The summed E-state index contributed by atoms with van der Waals surface area (Å²) in [5.74, 6) is 0.404. The van der Waals surface area contributed by atoms with E-state index < -0.39 is 10.0 Å². The smallest absolute Gasteiger partial charge is 0.240 e. The molecule has 2 rings (SSSR count). The van der Waals surface area contributed by atoms with Crippen molar-refractivity contribution >= 4 is 21.6 Å². The first-order chi connectivity index (χ1) is 13.3. The molecule has 152 valence electrons. The third kappa shape index (κ3) is 6.63. The van der Waals surface area contributed by atoms with Gasteiger partial charge in [-0.15, -0.1) is 0 Å². The van der Waals surface area contributed by atoms with Crippen molar-refractivity contribution in [3.05, 3.63) is 54.1 Å². The number of carbonyl (C=O) groups is 1. The number of hydrogen-bond acceptors (Lipinski definition) is 5. The molecule has 0 saturated carbocycles. The van der Waals surface area contributed by atoms with E-state index in [0.29, 0.717) is 24.7 Å². The van der Waals surface area contributed by atoms with Crippen LogP contribution in [-0.2, 0) is 26.1 Å². The van der Waals surface area contributed by atoms with Gasteiger partial charge >= 0.3 is 0 Å². The fourth-order valence-corrected chi connectivity index (χ4v) is 3.23. The highest BCUT2D eigenvalue weighted by atomic mass is 32.2. The molecule has 2 N–H and O–H groups in total. The number of sulfonamides is 1. The van der Waals surface area contributed by atoms with E-state index in [1.54, 1.807) is 43.5 Å². The fraction of sp³-hybridized carbons (Fsp3) is 0.350. The first kappa shape index (κ1) is 21.9. The third-order valence-corrected chi connectivity index (χ3v) is 5.32. The largest absolute Gasteiger partial charge is 0.491 e. The molecule has 0 atom stereocenters. The Morgan fingerprint density at radius 2 is 1.64 bits per heavy atom. The molecule has 0 bridgehead atoms. The Bertz CT molecular complexity index is 862. The van der Waals surface area contributed by atoms with Crippen molar-refractivity contribution in [3.63, 3.8) is 0 Å². The van der Waals surface area contributed by atoms with Crippen LogP contribution in [0.2, 0.25) is 0 Å². The van der Waals surface area contributed by atoms with Crippen LogP contribution in [0, 0.1) is 5.92 Å². The zero-order valence-electron chi connectivity index (χ0n) is 16.3. The average molecular weight is 407 g/mol. The maximum absolute atomic E-state index is 12.4. The SMILES string of the molecule is COCCOc1ccc(S(=O)(=O)NCc2ccc(NC(=O)C(C)C)cc2)cc1. The van der Waals surface area contributed by atoms with Crippen LogP contribution >= 0.6 is 0 Å². The summed E-state index contributed by atoms with van der Waals surface area (Å²) in [4.78, 5) is 11.9. The molecule has 0 aliphatic rings. The van der Waals surface area contributed by atoms with E-state index in [2.05, 4.69) is 10.0 Å². The molecule has 2 aromatic carbocycles. The van der Waals surface area contributed by atoms with Gasteiger partial charge in [0.25, 0.3) is 0 Å². The molecule has 0 aromatic heterocycles. The maximum Gasteiger partial charge on any atom is 0.240 e. The minimum absolute atomic E-state index is 0.0666. The lowest BCUT2D eigenvalue weighted by molar-refractivity contribution is -0.118. The molecular weight excluding hydrogens is 380 g/mol. The molecule has 0 radical (unpaired) electrons. The number of hydrogen-bond donors (Lipinski definition) is 2. The van der Waals surface area contributed by atoms with Crippen molar-refractivity contribution in [2.75, 3.05) is 25.6 Å². The van der Waals surface area contributed by atoms with Crippen LogP contribution in [0.4, 0.5) is 5.69 Å². The van der Waals surface area contributed by atoms with E-state index in [-0.39, 0.29) is 23.3 Å². The minimum atomic E-state index is -3.64. The summed E-state index contributed by atoms with van der Waals surface area (Å²) in [5.41, 5.74) is 1.46. The van der Waals surface area contributed by atoms with Gasteiger partial charge in [-0.1, -0.05) is 26.0 Å². The molecule has 0 fully saturated rings. The molecule has 0 saturated heterocycles. The topological polar surface area (TPSA) is 93.7 Å². The minimum Gasteiger partial charge on any atom is -0.491 e. The van der Waals surface area contributed by atoms with E-state index in [0.717, 1.165) is 5.56 Å². The summed E-state index contributed by atoms with van der Waals surface area (Å²) in [6.45, 7) is 4.64. The zero-order chi connectivity index (χ0) is 20.6. The van der Waals surface area contributed by atoms with Crippen molar-refractivity contribution in [1.82, 2.24) is 4.72 Å². The highest BCUT2D eigenvalue weighted by Crippen LogP contribution is 2.17. The summed E-state index contributed by atoms with van der Waals surface area (Å²) in [5, 5.41) is 2.79. The number of amides is 1. The second-order valence-corrected chi connectivity index (χ2v) is 8.25. The number of rotatable bonds is 10. The van der Waals surface area contributed by atoms with Crippen molar-refractivity contribution in [1.29, 1.82) is 0 Å². The lowest BCUT2D eigenvalue weighted by atomic mass is 10.2. The molecule has 7 nitrogen and oxygen atoms in total. The normalized spacial score (nSPS) is 11.4. The van der Waals surface area contributed by atoms with E-state index in [9.17, 15) is 13.2 Å². The van der Waals surface area contributed by atoms with Gasteiger partial charge in [-0.05, 0) is 42.0 Å². The van der Waals surface area contributed by atoms with E-state index in [1.807, 2.05) is 13.8 Å². The van der Waals surface area contributed by atoms with Crippen LogP contribution in [0.1, 0.15) is 19.4 Å². The quantitative estimate of drug-likeness (QED) is 0.592.